The van der Waals surface area contributed by atoms with Crippen molar-refractivity contribution in [1.29, 1.82) is 0 Å². The quantitative estimate of drug-likeness (QED) is 0.552. The molecule has 0 radical (unpaired) electrons. The molecular weight excluding hydrogens is 171 g/mol. The number of aliphatic carboxylic acids is 2. The molecule has 0 aromatic rings. The Labute approximate surface area is 67.4 Å². The van der Waals surface area contributed by atoms with Gasteiger partial charge in [-0.3, -0.25) is 9.59 Å². The van der Waals surface area contributed by atoms with E-state index in [1.54, 1.807) is 0 Å². The van der Waals surface area contributed by atoms with Crippen molar-refractivity contribution in [2.75, 3.05) is 0 Å². The van der Waals surface area contributed by atoms with Crippen LogP contribution in [-0.4, -0.2) is 33.1 Å². The largest absolute Gasteiger partial charge is 0.481 e. The maximum Gasteiger partial charge on any atom is 0.309 e. The van der Waals surface area contributed by atoms with Crippen molar-refractivity contribution in [2.24, 2.45) is 0 Å². The van der Waals surface area contributed by atoms with Crippen LogP contribution >= 0.6 is 0 Å². The molecule has 0 amide bonds. The second-order valence-electron chi connectivity index (χ2n) is 2.38. The van der Waals surface area contributed by atoms with Crippen molar-refractivity contribution in [2.45, 2.75) is 25.1 Å². The number of hydrogen-bond acceptors (Lipinski definition) is 3. The minimum absolute atomic E-state index is 0.597. The molecule has 0 saturated heterocycles. The number of hydrogen-bond donors (Lipinski definition) is 3. The summed E-state index contributed by atoms with van der Waals surface area (Å²) in [6.45, 7) is 0. The lowest BCUT2D eigenvalue weighted by Gasteiger charge is -2.14. The lowest BCUT2D eigenvalue weighted by molar-refractivity contribution is -0.159. The molecule has 0 bridgehead atoms. The third-order valence-corrected chi connectivity index (χ3v) is 1.14. The van der Waals surface area contributed by atoms with E-state index in [0.717, 1.165) is 0 Å². The Kier molecular flexibility index (Phi) is 3.62. The first-order chi connectivity index (χ1) is 5.33. The van der Waals surface area contributed by atoms with Gasteiger partial charge in [0.1, 0.15) is 6.42 Å². The molecule has 1 atom stereocenters. The molecule has 0 aliphatic rings. The lowest BCUT2D eigenvalue weighted by Crippen LogP contribution is -2.26. The fourth-order valence-corrected chi connectivity index (χ4v) is 0.619. The summed E-state index contributed by atoms with van der Waals surface area (Å²) in [5.74, 6) is -5.72. The Morgan fingerprint density at radius 2 is 1.75 bits per heavy atom. The molecule has 0 fully saturated rings. The molecule has 0 saturated carbocycles. The molecule has 6 heteroatoms. The standard InChI is InChI=1S/C6H9FO5/c7-6(12,3-5(10)11)2-1-4(8)9/h12H,1-3H2,(H,8,9)(H,10,11). The second-order valence-corrected chi connectivity index (χ2v) is 2.38. The van der Waals surface area contributed by atoms with Crippen molar-refractivity contribution < 1.29 is 29.3 Å². The van der Waals surface area contributed by atoms with E-state index >= 15 is 0 Å². The van der Waals surface area contributed by atoms with Gasteiger partial charge in [-0.2, -0.15) is 0 Å². The Hall–Kier alpha value is -1.17. The summed E-state index contributed by atoms with van der Waals surface area (Å²) in [7, 11) is 0. The number of carboxylic acids is 2. The summed E-state index contributed by atoms with van der Waals surface area (Å²) in [5, 5.41) is 24.8. The normalized spacial score (nSPS) is 15.2. The van der Waals surface area contributed by atoms with Crippen LogP contribution in [0.15, 0.2) is 0 Å². The van der Waals surface area contributed by atoms with Gasteiger partial charge < -0.3 is 15.3 Å². The molecule has 12 heavy (non-hydrogen) atoms. The maximum absolute atomic E-state index is 12.6. The fraction of sp³-hybridized carbons (Fsp3) is 0.667. The van der Waals surface area contributed by atoms with E-state index in [-0.39, 0.29) is 0 Å². The monoisotopic (exact) mass is 180 g/mol. The average molecular weight is 180 g/mol. The molecule has 0 aliphatic heterocycles. The van der Waals surface area contributed by atoms with Crippen LogP contribution in [0.2, 0.25) is 0 Å². The van der Waals surface area contributed by atoms with Crippen LogP contribution in [0.25, 0.3) is 0 Å². The van der Waals surface area contributed by atoms with Crippen LogP contribution in [0, 0.1) is 0 Å². The van der Waals surface area contributed by atoms with E-state index in [4.69, 9.17) is 15.3 Å². The number of carbonyl (C=O) groups is 2. The van der Waals surface area contributed by atoms with Gasteiger partial charge in [-0.25, -0.2) is 4.39 Å². The first-order valence-electron chi connectivity index (χ1n) is 3.18. The van der Waals surface area contributed by atoms with Crippen molar-refractivity contribution >= 4 is 11.9 Å². The zero-order valence-electron chi connectivity index (χ0n) is 6.16. The topological polar surface area (TPSA) is 94.8 Å². The Morgan fingerprint density at radius 1 is 1.25 bits per heavy atom. The molecule has 0 aromatic heterocycles. The van der Waals surface area contributed by atoms with E-state index in [0.29, 0.717) is 0 Å². The number of carboxylic acid groups (broad SMARTS) is 2. The first kappa shape index (κ1) is 10.8. The maximum atomic E-state index is 12.6. The van der Waals surface area contributed by atoms with Crippen molar-refractivity contribution in [3.05, 3.63) is 0 Å². The third kappa shape index (κ3) is 5.60. The SMILES string of the molecule is O=C(O)CCC(O)(F)CC(=O)O. The highest BCUT2D eigenvalue weighted by atomic mass is 19.2. The summed E-state index contributed by atoms with van der Waals surface area (Å²) in [6.07, 6.45) is -2.41. The fourth-order valence-electron chi connectivity index (χ4n) is 0.619. The zero-order valence-corrected chi connectivity index (χ0v) is 6.16. The first-order valence-corrected chi connectivity index (χ1v) is 3.18. The summed E-state index contributed by atoms with van der Waals surface area (Å²) in [4.78, 5) is 19.8. The van der Waals surface area contributed by atoms with Gasteiger partial charge in [-0.05, 0) is 0 Å². The Bertz CT molecular complexity index is 188. The molecule has 0 heterocycles. The number of halogens is 1. The average Bonchev–Trinajstić information content (AvgIpc) is 1.81. The van der Waals surface area contributed by atoms with E-state index in [2.05, 4.69) is 0 Å². The van der Waals surface area contributed by atoms with Crippen LogP contribution in [0.4, 0.5) is 4.39 Å². The summed E-state index contributed by atoms with van der Waals surface area (Å²) in [6, 6.07) is 0. The zero-order chi connectivity index (χ0) is 9.78. The highest BCUT2D eigenvalue weighted by Crippen LogP contribution is 2.18. The smallest absolute Gasteiger partial charge is 0.309 e. The minimum Gasteiger partial charge on any atom is -0.481 e. The van der Waals surface area contributed by atoms with Crippen LogP contribution in [0.1, 0.15) is 19.3 Å². The molecule has 70 valence electrons. The highest BCUT2D eigenvalue weighted by Gasteiger charge is 2.29. The predicted molar refractivity (Wildman–Crippen MR) is 35.2 cm³/mol. The number of rotatable bonds is 5. The molecule has 0 spiro atoms. The Morgan fingerprint density at radius 3 is 2.08 bits per heavy atom. The van der Waals surface area contributed by atoms with Crippen molar-refractivity contribution in [1.82, 2.24) is 0 Å². The second kappa shape index (κ2) is 4.01. The molecule has 5 nitrogen and oxygen atoms in total. The molecule has 1 unspecified atom stereocenters. The van der Waals surface area contributed by atoms with Gasteiger partial charge in [0.2, 0.25) is 5.85 Å². The summed E-state index contributed by atoms with van der Waals surface area (Å²) >= 11 is 0. The number of aliphatic hydroxyl groups is 1. The highest BCUT2D eigenvalue weighted by molar-refractivity contribution is 5.69. The predicted octanol–water partition coefficient (Wildman–Crippen LogP) is -0.0160. The van der Waals surface area contributed by atoms with E-state index < -0.39 is 37.1 Å². The van der Waals surface area contributed by atoms with E-state index in [1.165, 1.54) is 0 Å². The van der Waals surface area contributed by atoms with Crippen molar-refractivity contribution in [3.63, 3.8) is 0 Å². The molecule has 0 aromatic carbocycles. The van der Waals surface area contributed by atoms with Gasteiger partial charge in [0, 0.05) is 6.42 Å². The van der Waals surface area contributed by atoms with Crippen LogP contribution in [0.3, 0.4) is 0 Å². The lowest BCUT2D eigenvalue weighted by atomic mass is 10.1. The van der Waals surface area contributed by atoms with E-state index in [9.17, 15) is 14.0 Å². The van der Waals surface area contributed by atoms with Gasteiger partial charge in [0.15, 0.2) is 0 Å². The number of alkyl halides is 1. The minimum atomic E-state index is -2.93. The van der Waals surface area contributed by atoms with Gasteiger partial charge in [-0.15, -0.1) is 0 Å². The molecule has 3 N–H and O–H groups in total. The van der Waals surface area contributed by atoms with Crippen LogP contribution in [0.5, 0.6) is 0 Å². The summed E-state index contributed by atoms with van der Waals surface area (Å²) < 4.78 is 12.6. The van der Waals surface area contributed by atoms with Gasteiger partial charge >= 0.3 is 11.9 Å². The van der Waals surface area contributed by atoms with Gasteiger partial charge in [0.25, 0.3) is 0 Å². The van der Waals surface area contributed by atoms with Gasteiger partial charge in [-0.1, -0.05) is 0 Å². The third-order valence-electron chi connectivity index (χ3n) is 1.14. The van der Waals surface area contributed by atoms with Crippen LogP contribution in [-0.2, 0) is 9.59 Å². The Balaban J connectivity index is 3.86. The molecule has 0 aliphatic carbocycles. The van der Waals surface area contributed by atoms with E-state index in [1.807, 2.05) is 0 Å². The molecule has 0 rings (SSSR count). The van der Waals surface area contributed by atoms with Crippen molar-refractivity contribution in [3.8, 4) is 0 Å². The summed E-state index contributed by atoms with van der Waals surface area (Å²) in [5.41, 5.74) is 0. The van der Waals surface area contributed by atoms with Crippen LogP contribution < -0.4 is 0 Å². The molecular formula is C6H9FO5. The van der Waals surface area contributed by atoms with Gasteiger partial charge in [0.05, 0.1) is 6.42 Å².